The largest absolute Gasteiger partial charge is 0.0654 e. The van der Waals surface area contributed by atoms with Crippen LogP contribution in [0.15, 0.2) is 78.9 Å². The van der Waals surface area contributed by atoms with E-state index in [0.717, 1.165) is 0 Å². The fourth-order valence-corrected chi connectivity index (χ4v) is 4.39. The Kier molecular flexibility index (Phi) is 9.73. The number of hydrogen-bond donors (Lipinski definition) is 0. The molecular weight excluding hydrogens is 360 g/mol. The number of rotatable bonds is 13. The lowest BCUT2D eigenvalue weighted by Crippen LogP contribution is -1.93. The average Bonchev–Trinajstić information content (AvgIpc) is 2.81. The number of aryl methyl sites for hydroxylation is 1. The van der Waals surface area contributed by atoms with E-state index in [1.54, 1.807) is 0 Å². The van der Waals surface area contributed by atoms with Gasteiger partial charge in [0.25, 0.3) is 0 Å². The molecule has 0 aliphatic carbocycles. The van der Waals surface area contributed by atoms with Crippen LogP contribution in [0.4, 0.5) is 0 Å². The van der Waals surface area contributed by atoms with Crippen molar-refractivity contribution in [2.45, 2.75) is 77.6 Å². The van der Waals surface area contributed by atoms with Crippen LogP contribution in [0.1, 0.15) is 76.7 Å². The fourth-order valence-electron chi connectivity index (χ4n) is 4.39. The summed E-state index contributed by atoms with van der Waals surface area (Å²) in [6.07, 6.45) is 15.1. The van der Waals surface area contributed by atoms with E-state index in [9.17, 15) is 0 Å². The van der Waals surface area contributed by atoms with Crippen LogP contribution in [0.25, 0.3) is 22.3 Å². The normalized spacial score (nSPS) is 11.0. The molecule has 0 heterocycles. The van der Waals surface area contributed by atoms with E-state index in [0.29, 0.717) is 0 Å². The zero-order chi connectivity index (χ0) is 20.9. The van der Waals surface area contributed by atoms with E-state index >= 15 is 0 Å². The predicted octanol–water partition coefficient (Wildman–Crippen LogP) is 9.48. The summed E-state index contributed by atoms with van der Waals surface area (Å²) in [6.45, 7) is 2.29. The molecule has 0 heteroatoms. The second kappa shape index (κ2) is 13.1. The lowest BCUT2D eigenvalue weighted by molar-refractivity contribution is 0.556. The summed E-state index contributed by atoms with van der Waals surface area (Å²) >= 11 is 0. The first-order chi connectivity index (χ1) is 14.9. The van der Waals surface area contributed by atoms with Crippen molar-refractivity contribution in [2.75, 3.05) is 0 Å². The van der Waals surface area contributed by atoms with Crippen LogP contribution in [0.2, 0.25) is 0 Å². The molecule has 0 aliphatic heterocycles. The van der Waals surface area contributed by atoms with Gasteiger partial charge in [-0.1, -0.05) is 144 Å². The Bertz CT molecular complexity index is 847. The third-order valence-corrected chi connectivity index (χ3v) is 6.12. The topological polar surface area (TPSA) is 0 Å². The summed E-state index contributed by atoms with van der Waals surface area (Å²) in [7, 11) is 0. The first kappa shape index (κ1) is 22.3. The Morgan fingerprint density at radius 1 is 0.433 bits per heavy atom. The van der Waals surface area contributed by atoms with Crippen molar-refractivity contribution in [1.29, 1.82) is 0 Å². The molecule has 3 rings (SSSR count). The fraction of sp³-hybridized carbons (Fsp3) is 0.400. The molecule has 30 heavy (non-hydrogen) atoms. The molecule has 0 atom stereocenters. The zero-order valence-electron chi connectivity index (χ0n) is 18.8. The van der Waals surface area contributed by atoms with Crippen molar-refractivity contribution in [2.24, 2.45) is 0 Å². The summed E-state index contributed by atoms with van der Waals surface area (Å²) < 4.78 is 0. The lowest BCUT2D eigenvalue weighted by Gasteiger charge is -2.14. The highest BCUT2D eigenvalue weighted by atomic mass is 14.1. The van der Waals surface area contributed by atoms with Crippen molar-refractivity contribution >= 4 is 0 Å². The lowest BCUT2D eigenvalue weighted by atomic mass is 9.90. The molecule has 0 N–H and O–H groups in total. The average molecular weight is 399 g/mol. The van der Waals surface area contributed by atoms with Crippen LogP contribution in [0.3, 0.4) is 0 Å². The van der Waals surface area contributed by atoms with Gasteiger partial charge in [-0.3, -0.25) is 0 Å². The first-order valence-corrected chi connectivity index (χ1v) is 12.1. The van der Waals surface area contributed by atoms with Gasteiger partial charge in [-0.2, -0.15) is 0 Å². The Hall–Kier alpha value is -2.34. The van der Waals surface area contributed by atoms with Gasteiger partial charge in [-0.25, -0.2) is 0 Å². The minimum atomic E-state index is 1.18. The van der Waals surface area contributed by atoms with Gasteiger partial charge in [0.1, 0.15) is 0 Å². The summed E-state index contributed by atoms with van der Waals surface area (Å²) in [5, 5.41) is 0. The molecule has 0 unspecified atom stereocenters. The Balaban J connectivity index is 1.55. The van der Waals surface area contributed by atoms with E-state index in [1.165, 1.54) is 98.4 Å². The van der Waals surface area contributed by atoms with Crippen molar-refractivity contribution < 1.29 is 0 Å². The van der Waals surface area contributed by atoms with Crippen molar-refractivity contribution in [3.63, 3.8) is 0 Å². The minimum Gasteiger partial charge on any atom is -0.0654 e. The maximum Gasteiger partial charge on any atom is -0.0103 e. The summed E-state index contributed by atoms with van der Waals surface area (Å²) in [4.78, 5) is 0. The van der Waals surface area contributed by atoms with Crippen LogP contribution in [0, 0.1) is 0 Å². The van der Waals surface area contributed by atoms with Crippen LogP contribution < -0.4 is 0 Å². The van der Waals surface area contributed by atoms with Crippen LogP contribution in [-0.4, -0.2) is 0 Å². The maximum absolute atomic E-state index is 2.32. The molecule has 0 saturated carbocycles. The molecule has 3 aromatic carbocycles. The third kappa shape index (κ3) is 6.87. The molecule has 3 aromatic rings. The molecule has 0 aliphatic rings. The molecule has 0 fully saturated rings. The molecule has 0 aromatic heterocycles. The molecule has 0 nitrogen and oxygen atoms in total. The number of unbranched alkanes of at least 4 members (excludes halogenated alkanes) is 9. The Morgan fingerprint density at radius 2 is 0.933 bits per heavy atom. The molecule has 0 saturated heterocycles. The zero-order valence-corrected chi connectivity index (χ0v) is 18.8. The van der Waals surface area contributed by atoms with Gasteiger partial charge in [-0.05, 0) is 40.7 Å². The van der Waals surface area contributed by atoms with Crippen LogP contribution in [0.5, 0.6) is 0 Å². The van der Waals surface area contributed by atoms with Gasteiger partial charge < -0.3 is 0 Å². The van der Waals surface area contributed by atoms with Gasteiger partial charge in [0.05, 0.1) is 0 Å². The minimum absolute atomic E-state index is 1.18. The van der Waals surface area contributed by atoms with E-state index in [-0.39, 0.29) is 0 Å². The van der Waals surface area contributed by atoms with E-state index in [2.05, 4.69) is 85.8 Å². The van der Waals surface area contributed by atoms with Crippen molar-refractivity contribution in [3.05, 3.63) is 84.4 Å². The molecule has 0 bridgehead atoms. The number of hydrogen-bond acceptors (Lipinski definition) is 0. The summed E-state index contributed by atoms with van der Waals surface area (Å²) in [5.74, 6) is 0. The van der Waals surface area contributed by atoms with E-state index in [4.69, 9.17) is 0 Å². The highest BCUT2D eigenvalue weighted by molar-refractivity contribution is 5.84. The Morgan fingerprint density at radius 3 is 1.60 bits per heavy atom. The van der Waals surface area contributed by atoms with Gasteiger partial charge in [0.2, 0.25) is 0 Å². The molecule has 0 amide bonds. The smallest absolute Gasteiger partial charge is 0.0103 e. The second-order valence-electron chi connectivity index (χ2n) is 8.50. The molecular formula is C30H38. The predicted molar refractivity (Wildman–Crippen MR) is 133 cm³/mol. The maximum atomic E-state index is 2.32. The van der Waals surface area contributed by atoms with Gasteiger partial charge >= 0.3 is 0 Å². The molecule has 158 valence electrons. The standard InChI is InChI=1S/C30H38/c1-2-3-4-5-6-7-8-9-10-12-19-27-22-15-16-23-28(27)30-25-18-17-24-29(30)26-20-13-11-14-21-26/h11,13-18,20-25H,2-10,12,19H2,1H3. The highest BCUT2D eigenvalue weighted by Gasteiger charge is 2.10. The first-order valence-electron chi connectivity index (χ1n) is 12.1. The number of benzene rings is 3. The Labute approximate surface area is 184 Å². The van der Waals surface area contributed by atoms with Crippen molar-refractivity contribution in [1.82, 2.24) is 0 Å². The van der Waals surface area contributed by atoms with Crippen LogP contribution in [-0.2, 0) is 6.42 Å². The van der Waals surface area contributed by atoms with E-state index < -0.39 is 0 Å². The molecule has 0 spiro atoms. The van der Waals surface area contributed by atoms with Crippen molar-refractivity contribution in [3.8, 4) is 22.3 Å². The quantitative estimate of drug-likeness (QED) is 0.251. The van der Waals surface area contributed by atoms with Gasteiger partial charge in [0, 0.05) is 0 Å². The van der Waals surface area contributed by atoms with Crippen LogP contribution >= 0.6 is 0 Å². The highest BCUT2D eigenvalue weighted by Crippen LogP contribution is 2.34. The SMILES string of the molecule is CCCCCCCCCCCCc1ccccc1-c1ccccc1-c1ccccc1. The second-order valence-corrected chi connectivity index (χ2v) is 8.50. The van der Waals surface area contributed by atoms with Gasteiger partial charge in [0.15, 0.2) is 0 Å². The summed E-state index contributed by atoms with van der Waals surface area (Å²) in [6, 6.07) is 28.6. The monoisotopic (exact) mass is 398 g/mol. The van der Waals surface area contributed by atoms with E-state index in [1.807, 2.05) is 0 Å². The molecule has 0 radical (unpaired) electrons. The van der Waals surface area contributed by atoms with Gasteiger partial charge in [-0.15, -0.1) is 0 Å². The summed E-state index contributed by atoms with van der Waals surface area (Å²) in [5.41, 5.74) is 6.86. The third-order valence-electron chi connectivity index (χ3n) is 6.12.